The summed E-state index contributed by atoms with van der Waals surface area (Å²) in [5.74, 6) is 0.563. The van der Waals surface area contributed by atoms with Crippen LogP contribution in [0.5, 0.6) is 0 Å². The van der Waals surface area contributed by atoms with E-state index in [1.807, 2.05) is 0 Å². The smallest absolute Gasteiger partial charge is 0.319 e. The molecule has 1 fully saturated rings. The highest BCUT2D eigenvalue weighted by Crippen LogP contribution is 2.50. The van der Waals surface area contributed by atoms with Crippen molar-refractivity contribution in [3.05, 3.63) is 23.8 Å². The molecular weight excluding hydrogens is 314 g/mol. The van der Waals surface area contributed by atoms with Crippen molar-refractivity contribution in [3.8, 4) is 0 Å². The molecule has 2 rings (SSSR count). The maximum Gasteiger partial charge on any atom is 0.319 e. The fourth-order valence-electron chi connectivity index (χ4n) is 2.41. The van der Waals surface area contributed by atoms with E-state index in [2.05, 4.69) is 29.2 Å². The zero-order valence-electron chi connectivity index (χ0n) is 14.1. The number of carbonyl (C=O) groups is 1. The summed E-state index contributed by atoms with van der Waals surface area (Å²) in [7, 11) is -3.30. The van der Waals surface area contributed by atoms with E-state index in [4.69, 9.17) is 0 Å². The minimum atomic E-state index is -3.30. The first-order valence-corrected chi connectivity index (χ1v) is 9.44. The first-order chi connectivity index (χ1) is 10.6. The van der Waals surface area contributed by atoms with Gasteiger partial charge in [-0.05, 0) is 55.4 Å². The van der Waals surface area contributed by atoms with Crippen molar-refractivity contribution in [1.82, 2.24) is 5.32 Å². The number of anilines is 2. The molecule has 128 valence electrons. The molecule has 1 saturated carbocycles. The van der Waals surface area contributed by atoms with Crippen LogP contribution in [0.15, 0.2) is 18.2 Å². The van der Waals surface area contributed by atoms with E-state index in [0.29, 0.717) is 29.3 Å². The van der Waals surface area contributed by atoms with Crippen molar-refractivity contribution < 1.29 is 13.2 Å². The monoisotopic (exact) mass is 339 g/mol. The van der Waals surface area contributed by atoms with E-state index in [-0.39, 0.29) is 11.8 Å². The number of carbonyl (C=O) groups excluding carboxylic acids is 1. The third-order valence-corrected chi connectivity index (χ3v) is 5.65. The third kappa shape index (κ3) is 4.86. The first kappa shape index (κ1) is 17.6. The summed E-state index contributed by atoms with van der Waals surface area (Å²) in [5.41, 5.74) is 2.25. The van der Waals surface area contributed by atoms with Crippen LogP contribution >= 0.6 is 0 Å². The summed E-state index contributed by atoms with van der Waals surface area (Å²) in [6.45, 7) is 8.43. The Kier molecular flexibility index (Phi) is 4.89. The van der Waals surface area contributed by atoms with Gasteiger partial charge in [0, 0.05) is 12.2 Å². The van der Waals surface area contributed by atoms with Crippen LogP contribution < -0.4 is 15.4 Å². The molecule has 2 amide bonds. The van der Waals surface area contributed by atoms with Crippen LogP contribution in [-0.2, 0) is 10.0 Å². The molecule has 0 radical (unpaired) electrons. The number of hydrogen-bond donors (Lipinski definition) is 3. The molecule has 1 aromatic carbocycles. The standard InChI is InChI=1S/C16H25N3O3S/c1-5-23(21,22)19-14-7-6-13(8-11(14)2)18-15(20)17-10-12-9-16(12,3)4/h6-8,12,19H,5,9-10H2,1-4H3,(H2,17,18,20). The maximum absolute atomic E-state index is 11.9. The number of sulfonamides is 1. The second-order valence-electron chi connectivity index (χ2n) is 6.76. The van der Waals surface area contributed by atoms with Gasteiger partial charge in [-0.15, -0.1) is 0 Å². The molecule has 0 aliphatic heterocycles. The van der Waals surface area contributed by atoms with Crippen molar-refractivity contribution in [2.75, 3.05) is 22.3 Å². The van der Waals surface area contributed by atoms with Crippen LogP contribution in [0.1, 0.15) is 32.8 Å². The van der Waals surface area contributed by atoms with Crippen LogP contribution in [0.2, 0.25) is 0 Å². The van der Waals surface area contributed by atoms with Crippen LogP contribution in [-0.4, -0.2) is 26.7 Å². The third-order valence-electron chi connectivity index (χ3n) is 4.36. The minimum Gasteiger partial charge on any atom is -0.338 e. The van der Waals surface area contributed by atoms with Crippen molar-refractivity contribution in [1.29, 1.82) is 0 Å². The fourth-order valence-corrected chi connectivity index (χ4v) is 3.12. The Balaban J connectivity index is 1.91. The SMILES string of the molecule is CCS(=O)(=O)Nc1ccc(NC(=O)NCC2CC2(C)C)cc1C. The summed E-state index contributed by atoms with van der Waals surface area (Å²) in [5, 5.41) is 5.64. The zero-order chi connectivity index (χ0) is 17.3. The average Bonchev–Trinajstić information content (AvgIpc) is 3.07. The molecular formula is C16H25N3O3S. The zero-order valence-corrected chi connectivity index (χ0v) is 14.9. The molecule has 1 atom stereocenters. The molecule has 0 aromatic heterocycles. The predicted octanol–water partition coefficient (Wildman–Crippen LogP) is 2.92. The summed E-state index contributed by atoms with van der Waals surface area (Å²) in [6, 6.07) is 4.84. The quantitative estimate of drug-likeness (QED) is 0.744. The van der Waals surface area contributed by atoms with Gasteiger partial charge in [0.15, 0.2) is 0 Å². The fraction of sp³-hybridized carbons (Fsp3) is 0.562. The normalized spacial score (nSPS) is 19.0. The van der Waals surface area contributed by atoms with Gasteiger partial charge < -0.3 is 10.6 Å². The second-order valence-corrected chi connectivity index (χ2v) is 8.77. The summed E-state index contributed by atoms with van der Waals surface area (Å²) >= 11 is 0. The van der Waals surface area contributed by atoms with Gasteiger partial charge in [0.1, 0.15) is 0 Å². The van der Waals surface area contributed by atoms with Gasteiger partial charge in [0.25, 0.3) is 0 Å². The molecule has 1 aliphatic carbocycles. The Morgan fingerprint density at radius 3 is 2.52 bits per heavy atom. The lowest BCUT2D eigenvalue weighted by atomic mass is 10.1. The van der Waals surface area contributed by atoms with Gasteiger partial charge in [-0.1, -0.05) is 13.8 Å². The predicted molar refractivity (Wildman–Crippen MR) is 93.2 cm³/mol. The van der Waals surface area contributed by atoms with E-state index >= 15 is 0 Å². The Bertz CT molecular complexity index is 699. The molecule has 0 heterocycles. The molecule has 1 unspecified atom stereocenters. The van der Waals surface area contributed by atoms with E-state index in [0.717, 1.165) is 12.0 Å². The number of aryl methyl sites for hydroxylation is 1. The number of urea groups is 1. The maximum atomic E-state index is 11.9. The van der Waals surface area contributed by atoms with Gasteiger partial charge in [-0.3, -0.25) is 4.72 Å². The van der Waals surface area contributed by atoms with E-state index < -0.39 is 10.0 Å². The van der Waals surface area contributed by atoms with Crippen LogP contribution in [0.4, 0.5) is 16.2 Å². The Labute approximate surface area is 138 Å². The van der Waals surface area contributed by atoms with Gasteiger partial charge in [-0.2, -0.15) is 0 Å². The number of amides is 2. The number of nitrogens with one attached hydrogen (secondary N) is 3. The van der Waals surface area contributed by atoms with Gasteiger partial charge in [0.05, 0.1) is 11.4 Å². The van der Waals surface area contributed by atoms with Crippen LogP contribution in [0.25, 0.3) is 0 Å². The number of benzene rings is 1. The highest BCUT2D eigenvalue weighted by Gasteiger charge is 2.45. The topological polar surface area (TPSA) is 87.3 Å². The van der Waals surface area contributed by atoms with Crippen LogP contribution in [0, 0.1) is 18.3 Å². The van der Waals surface area contributed by atoms with Gasteiger partial charge >= 0.3 is 6.03 Å². The molecule has 1 aliphatic rings. The lowest BCUT2D eigenvalue weighted by Gasteiger charge is -2.12. The van der Waals surface area contributed by atoms with Gasteiger partial charge in [0.2, 0.25) is 10.0 Å². The Morgan fingerprint density at radius 1 is 1.35 bits per heavy atom. The molecule has 0 saturated heterocycles. The highest BCUT2D eigenvalue weighted by molar-refractivity contribution is 7.92. The summed E-state index contributed by atoms with van der Waals surface area (Å²) in [6.07, 6.45) is 1.14. The molecule has 7 heteroatoms. The average molecular weight is 339 g/mol. The first-order valence-electron chi connectivity index (χ1n) is 7.79. The van der Waals surface area contributed by atoms with Crippen molar-refractivity contribution in [2.45, 2.75) is 34.1 Å². The minimum absolute atomic E-state index is 0.0202. The molecule has 0 spiro atoms. The Hall–Kier alpha value is -1.76. The number of hydrogen-bond acceptors (Lipinski definition) is 3. The second kappa shape index (κ2) is 6.39. The lowest BCUT2D eigenvalue weighted by molar-refractivity contribution is 0.251. The lowest BCUT2D eigenvalue weighted by Crippen LogP contribution is -2.31. The summed E-state index contributed by atoms with van der Waals surface area (Å²) < 4.78 is 25.7. The van der Waals surface area contributed by atoms with Gasteiger partial charge in [-0.25, -0.2) is 13.2 Å². The van der Waals surface area contributed by atoms with Crippen molar-refractivity contribution in [3.63, 3.8) is 0 Å². The molecule has 1 aromatic rings. The van der Waals surface area contributed by atoms with E-state index in [1.165, 1.54) is 0 Å². The van der Waals surface area contributed by atoms with Crippen molar-refractivity contribution in [2.24, 2.45) is 11.3 Å². The Morgan fingerprint density at radius 2 is 2.00 bits per heavy atom. The van der Waals surface area contributed by atoms with E-state index in [9.17, 15) is 13.2 Å². The molecule has 3 N–H and O–H groups in total. The highest BCUT2D eigenvalue weighted by atomic mass is 32.2. The number of rotatable bonds is 6. The van der Waals surface area contributed by atoms with Crippen LogP contribution in [0.3, 0.4) is 0 Å². The van der Waals surface area contributed by atoms with E-state index in [1.54, 1.807) is 32.0 Å². The largest absolute Gasteiger partial charge is 0.338 e. The van der Waals surface area contributed by atoms with Crippen molar-refractivity contribution >= 4 is 27.4 Å². The molecule has 0 bridgehead atoms. The molecule has 23 heavy (non-hydrogen) atoms. The summed E-state index contributed by atoms with van der Waals surface area (Å²) in [4.78, 5) is 11.9. The molecule has 6 nitrogen and oxygen atoms in total.